The zero-order valence-corrected chi connectivity index (χ0v) is 19.7. The Bertz CT molecular complexity index is 624. The number of fused-ring (bicyclic) bond motifs is 5. The van der Waals surface area contributed by atoms with Crippen LogP contribution in [-0.2, 0) is 0 Å². The lowest BCUT2D eigenvalue weighted by molar-refractivity contribution is -0.0970. The van der Waals surface area contributed by atoms with Gasteiger partial charge in [0.05, 0.1) is 12.2 Å². The van der Waals surface area contributed by atoms with E-state index in [2.05, 4.69) is 40.7 Å². The Hall–Kier alpha value is -0.340. The quantitative estimate of drug-likeness (QED) is 0.525. The summed E-state index contributed by atoms with van der Waals surface area (Å²) >= 11 is 0. The molecule has 166 valence electrons. The molecule has 3 fully saturated rings. The first-order chi connectivity index (χ1) is 13.7. The molecule has 4 aliphatic carbocycles. The minimum absolute atomic E-state index is 0.200. The summed E-state index contributed by atoms with van der Waals surface area (Å²) in [6.45, 7) is 12.2. The third kappa shape index (κ3) is 3.65. The maximum absolute atomic E-state index is 11.3. The van der Waals surface area contributed by atoms with Crippen LogP contribution in [0, 0.1) is 46.3 Å². The highest BCUT2D eigenvalue weighted by atomic mass is 16.3. The number of rotatable bonds is 5. The molecular formula is C27H46O2. The number of hydrogen-bond donors (Lipinski definition) is 2. The topological polar surface area (TPSA) is 40.5 Å². The number of aliphatic hydroxyl groups excluding tert-OH is 2. The molecule has 0 aliphatic heterocycles. The average Bonchev–Trinajstić information content (AvgIpc) is 3.00. The molecule has 2 unspecified atom stereocenters. The summed E-state index contributed by atoms with van der Waals surface area (Å²) in [6.07, 6.45) is 13.9. The predicted molar refractivity (Wildman–Crippen MR) is 120 cm³/mol. The Balaban J connectivity index is 1.54. The maximum atomic E-state index is 11.3. The molecule has 0 aromatic rings. The van der Waals surface area contributed by atoms with Crippen LogP contribution < -0.4 is 0 Å². The standard InChI is InChI=1S/C27H46O2/c1-17(2)7-6-8-18(3)21-9-10-22-25-23(12-14-27(21,22)5)26(4)13-11-20(28)15-19(26)16-24(25)29/h16-18,20-25,28-29H,6-15H2,1-5H3/t18-,20?,21-,22+,23+,24?,25+,26+,27-/m1/s1. The van der Waals surface area contributed by atoms with E-state index in [0.717, 1.165) is 37.0 Å². The van der Waals surface area contributed by atoms with Crippen molar-refractivity contribution in [2.45, 2.75) is 111 Å². The van der Waals surface area contributed by atoms with Gasteiger partial charge in [0, 0.05) is 0 Å². The fourth-order valence-corrected chi connectivity index (χ4v) is 8.65. The van der Waals surface area contributed by atoms with Crippen molar-refractivity contribution >= 4 is 0 Å². The molecule has 0 aromatic carbocycles. The van der Waals surface area contributed by atoms with Crippen LogP contribution in [0.3, 0.4) is 0 Å². The predicted octanol–water partition coefficient (Wildman–Crippen LogP) is 6.36. The lowest BCUT2D eigenvalue weighted by Crippen LogP contribution is -2.54. The van der Waals surface area contributed by atoms with Crippen molar-refractivity contribution in [2.24, 2.45) is 46.3 Å². The lowest BCUT2D eigenvalue weighted by atomic mass is 9.46. The van der Waals surface area contributed by atoms with Crippen LogP contribution in [0.25, 0.3) is 0 Å². The summed E-state index contributed by atoms with van der Waals surface area (Å²) in [7, 11) is 0. The summed E-state index contributed by atoms with van der Waals surface area (Å²) in [5.74, 6) is 4.18. The van der Waals surface area contributed by atoms with Gasteiger partial charge >= 0.3 is 0 Å². The van der Waals surface area contributed by atoms with Gasteiger partial charge in [-0.15, -0.1) is 0 Å². The van der Waals surface area contributed by atoms with Gasteiger partial charge in [0.1, 0.15) is 0 Å². The smallest absolute Gasteiger partial charge is 0.0757 e. The third-order valence-corrected chi connectivity index (χ3v) is 10.3. The van der Waals surface area contributed by atoms with Crippen LogP contribution in [-0.4, -0.2) is 22.4 Å². The molecule has 3 saturated carbocycles. The number of aliphatic hydroxyl groups is 2. The molecule has 0 saturated heterocycles. The average molecular weight is 403 g/mol. The molecule has 0 aromatic heterocycles. The van der Waals surface area contributed by atoms with Gasteiger partial charge in [-0.1, -0.05) is 65.5 Å². The van der Waals surface area contributed by atoms with E-state index in [-0.39, 0.29) is 17.6 Å². The highest BCUT2D eigenvalue weighted by Crippen LogP contribution is 2.67. The molecule has 0 heterocycles. The lowest BCUT2D eigenvalue weighted by Gasteiger charge is -2.59. The Labute approximate surface area is 179 Å². The van der Waals surface area contributed by atoms with E-state index in [9.17, 15) is 10.2 Å². The second kappa shape index (κ2) is 7.97. The minimum Gasteiger partial charge on any atom is -0.393 e. The molecule has 4 rings (SSSR count). The zero-order valence-electron chi connectivity index (χ0n) is 19.7. The van der Waals surface area contributed by atoms with E-state index in [0.29, 0.717) is 23.2 Å². The Kier molecular flexibility index (Phi) is 6.01. The Morgan fingerprint density at radius 3 is 2.45 bits per heavy atom. The van der Waals surface area contributed by atoms with Crippen LogP contribution in [0.2, 0.25) is 0 Å². The van der Waals surface area contributed by atoms with Crippen LogP contribution >= 0.6 is 0 Å². The molecule has 2 nitrogen and oxygen atoms in total. The van der Waals surface area contributed by atoms with Crippen molar-refractivity contribution in [1.29, 1.82) is 0 Å². The SMILES string of the molecule is CC(C)CCC[C@@H](C)[C@H]1CC[C@H]2[C@@H]3C(O)C=C4CC(O)CC[C@]4(C)[C@H]3CC[C@]12C. The first-order valence-corrected chi connectivity index (χ1v) is 12.7. The normalized spacial score (nSPS) is 47.9. The van der Waals surface area contributed by atoms with E-state index in [1.54, 1.807) is 0 Å². The summed E-state index contributed by atoms with van der Waals surface area (Å²) in [4.78, 5) is 0. The van der Waals surface area contributed by atoms with Crippen LogP contribution in [0.4, 0.5) is 0 Å². The van der Waals surface area contributed by atoms with Gasteiger partial charge in [-0.05, 0) is 91.3 Å². The van der Waals surface area contributed by atoms with Crippen LogP contribution in [0.1, 0.15) is 98.8 Å². The van der Waals surface area contributed by atoms with Crippen molar-refractivity contribution in [2.75, 3.05) is 0 Å². The molecule has 0 amide bonds. The molecule has 29 heavy (non-hydrogen) atoms. The van der Waals surface area contributed by atoms with Crippen molar-refractivity contribution in [1.82, 2.24) is 0 Å². The van der Waals surface area contributed by atoms with E-state index < -0.39 is 0 Å². The van der Waals surface area contributed by atoms with Crippen LogP contribution in [0.15, 0.2) is 11.6 Å². The van der Waals surface area contributed by atoms with E-state index in [1.807, 2.05) is 0 Å². The highest BCUT2D eigenvalue weighted by molar-refractivity contribution is 5.27. The molecule has 0 bridgehead atoms. The minimum atomic E-state index is -0.298. The summed E-state index contributed by atoms with van der Waals surface area (Å²) in [6, 6.07) is 0. The first-order valence-electron chi connectivity index (χ1n) is 12.7. The molecule has 2 heteroatoms. The molecular weight excluding hydrogens is 356 g/mol. The molecule has 0 radical (unpaired) electrons. The second-order valence-electron chi connectivity index (χ2n) is 12.3. The van der Waals surface area contributed by atoms with Crippen molar-refractivity contribution in [3.63, 3.8) is 0 Å². The first kappa shape index (κ1) is 21.9. The van der Waals surface area contributed by atoms with Crippen molar-refractivity contribution < 1.29 is 10.2 Å². The van der Waals surface area contributed by atoms with Gasteiger partial charge in [0.25, 0.3) is 0 Å². The van der Waals surface area contributed by atoms with Crippen molar-refractivity contribution in [3.8, 4) is 0 Å². The van der Waals surface area contributed by atoms with E-state index in [1.165, 1.54) is 50.5 Å². The molecule has 9 atom stereocenters. The van der Waals surface area contributed by atoms with Gasteiger partial charge < -0.3 is 10.2 Å². The van der Waals surface area contributed by atoms with E-state index in [4.69, 9.17) is 0 Å². The fourth-order valence-electron chi connectivity index (χ4n) is 8.65. The van der Waals surface area contributed by atoms with Gasteiger partial charge in [0.15, 0.2) is 0 Å². The van der Waals surface area contributed by atoms with Gasteiger partial charge in [-0.2, -0.15) is 0 Å². The molecule has 0 spiro atoms. The van der Waals surface area contributed by atoms with Gasteiger partial charge in [-0.25, -0.2) is 0 Å². The monoisotopic (exact) mass is 402 g/mol. The maximum Gasteiger partial charge on any atom is 0.0757 e. The van der Waals surface area contributed by atoms with Gasteiger partial charge in [0.2, 0.25) is 0 Å². The highest BCUT2D eigenvalue weighted by Gasteiger charge is 2.61. The van der Waals surface area contributed by atoms with Gasteiger partial charge in [-0.3, -0.25) is 0 Å². The number of hydrogen-bond acceptors (Lipinski definition) is 2. The Morgan fingerprint density at radius 1 is 0.966 bits per heavy atom. The Morgan fingerprint density at radius 2 is 1.72 bits per heavy atom. The molecule has 2 N–H and O–H groups in total. The fraction of sp³-hybridized carbons (Fsp3) is 0.926. The summed E-state index contributed by atoms with van der Waals surface area (Å²) in [5.41, 5.74) is 1.99. The summed E-state index contributed by atoms with van der Waals surface area (Å²) in [5, 5.41) is 21.5. The third-order valence-electron chi connectivity index (χ3n) is 10.3. The zero-order chi connectivity index (χ0) is 21.0. The van der Waals surface area contributed by atoms with Crippen LogP contribution in [0.5, 0.6) is 0 Å². The second-order valence-corrected chi connectivity index (χ2v) is 12.3. The van der Waals surface area contributed by atoms with Crippen molar-refractivity contribution in [3.05, 3.63) is 11.6 Å². The molecule has 4 aliphatic rings. The summed E-state index contributed by atoms with van der Waals surface area (Å²) < 4.78 is 0. The largest absolute Gasteiger partial charge is 0.393 e. The van der Waals surface area contributed by atoms with E-state index >= 15 is 0 Å².